The van der Waals surface area contributed by atoms with Crippen molar-refractivity contribution in [3.8, 4) is 17.2 Å². The van der Waals surface area contributed by atoms with Crippen LogP contribution in [0.3, 0.4) is 0 Å². The fourth-order valence-corrected chi connectivity index (χ4v) is 3.79. The monoisotopic (exact) mass is 400 g/mol. The van der Waals surface area contributed by atoms with E-state index in [2.05, 4.69) is 4.72 Å². The normalized spacial score (nSPS) is 17.5. The fourth-order valence-electron chi connectivity index (χ4n) is 3.25. The van der Waals surface area contributed by atoms with Crippen LogP contribution in [-0.2, 0) is 21.2 Å². The molecular weight excluding hydrogens is 372 g/mol. The molecule has 27 heavy (non-hydrogen) atoms. The number of ether oxygens (including phenoxy) is 3. The van der Waals surface area contributed by atoms with Gasteiger partial charge in [-0.05, 0) is 36.5 Å². The summed E-state index contributed by atoms with van der Waals surface area (Å²) in [6, 6.07) is 3.54. The highest BCUT2D eigenvalue weighted by Crippen LogP contribution is 2.38. The predicted molar refractivity (Wildman–Crippen MR) is 102 cm³/mol. The Morgan fingerprint density at radius 2 is 1.81 bits per heavy atom. The molecule has 1 saturated heterocycles. The fraction of sp³-hybridized carbons (Fsp3) is 0.611. The Hall–Kier alpha value is -2.00. The zero-order valence-corrected chi connectivity index (χ0v) is 17.1. The molecule has 0 radical (unpaired) electrons. The number of nitrogens with one attached hydrogen (secondary N) is 1. The maximum absolute atomic E-state index is 12.7. The summed E-state index contributed by atoms with van der Waals surface area (Å²) in [5.41, 5.74) is 0.769. The second-order valence-corrected chi connectivity index (χ2v) is 8.51. The highest BCUT2D eigenvalue weighted by atomic mass is 32.2. The van der Waals surface area contributed by atoms with Gasteiger partial charge in [-0.15, -0.1) is 0 Å². The van der Waals surface area contributed by atoms with Crippen LogP contribution in [0.2, 0.25) is 0 Å². The van der Waals surface area contributed by atoms with Crippen molar-refractivity contribution in [3.63, 3.8) is 0 Å². The number of hydrogen-bond donors (Lipinski definition) is 1. The summed E-state index contributed by atoms with van der Waals surface area (Å²) in [6.45, 7) is 1.58. The molecule has 1 amide bonds. The van der Waals surface area contributed by atoms with Crippen LogP contribution < -0.4 is 18.9 Å². The van der Waals surface area contributed by atoms with Crippen LogP contribution in [-0.4, -0.2) is 66.4 Å². The van der Waals surface area contributed by atoms with Crippen molar-refractivity contribution in [2.75, 3.05) is 47.2 Å². The van der Waals surface area contributed by atoms with Gasteiger partial charge in [0.15, 0.2) is 11.5 Å². The number of benzene rings is 1. The predicted octanol–water partition coefficient (Wildman–Crippen LogP) is 1.04. The summed E-state index contributed by atoms with van der Waals surface area (Å²) < 4.78 is 41.1. The lowest BCUT2D eigenvalue weighted by atomic mass is 9.97. The molecule has 9 heteroatoms. The van der Waals surface area contributed by atoms with Crippen molar-refractivity contribution in [3.05, 3.63) is 17.7 Å². The molecule has 0 bridgehead atoms. The third-order valence-corrected chi connectivity index (χ3v) is 5.28. The van der Waals surface area contributed by atoms with Gasteiger partial charge in [0.05, 0.1) is 34.0 Å². The topological polar surface area (TPSA) is 94.2 Å². The Morgan fingerprint density at radius 1 is 1.19 bits per heavy atom. The van der Waals surface area contributed by atoms with Crippen LogP contribution in [0.4, 0.5) is 0 Å². The van der Waals surface area contributed by atoms with Gasteiger partial charge in [0.1, 0.15) is 0 Å². The third-order valence-electron chi connectivity index (χ3n) is 4.59. The number of piperidine rings is 1. The maximum Gasteiger partial charge on any atom is 0.227 e. The van der Waals surface area contributed by atoms with Gasteiger partial charge in [-0.1, -0.05) is 0 Å². The van der Waals surface area contributed by atoms with Crippen molar-refractivity contribution in [1.82, 2.24) is 9.62 Å². The summed E-state index contributed by atoms with van der Waals surface area (Å²) in [4.78, 5) is 14.5. The van der Waals surface area contributed by atoms with E-state index in [4.69, 9.17) is 14.2 Å². The Balaban J connectivity index is 2.05. The van der Waals surface area contributed by atoms with Crippen LogP contribution in [0, 0.1) is 5.92 Å². The van der Waals surface area contributed by atoms with Gasteiger partial charge in [-0.2, -0.15) is 0 Å². The molecule has 8 nitrogen and oxygen atoms in total. The zero-order chi connectivity index (χ0) is 20.0. The first-order valence-electron chi connectivity index (χ1n) is 8.78. The van der Waals surface area contributed by atoms with E-state index in [1.165, 1.54) is 21.3 Å². The molecule has 1 N–H and O–H groups in total. The standard InChI is InChI=1S/C18H28N2O6S/c1-24-15-8-14(9-16(25-2)18(15)26-3)10-17(21)20-7-5-6-13(12-20)11-19-27(4,22)23/h8-9,13,19H,5-7,10-12H2,1-4H3. The van der Waals surface area contributed by atoms with Gasteiger partial charge >= 0.3 is 0 Å². The van der Waals surface area contributed by atoms with Gasteiger partial charge in [0.2, 0.25) is 21.7 Å². The van der Waals surface area contributed by atoms with E-state index in [-0.39, 0.29) is 18.2 Å². The molecule has 1 atom stereocenters. The lowest BCUT2D eigenvalue weighted by molar-refractivity contribution is -0.132. The first kappa shape index (κ1) is 21.3. The Labute approximate surface area is 160 Å². The Morgan fingerprint density at radius 3 is 2.33 bits per heavy atom. The summed E-state index contributed by atoms with van der Waals surface area (Å²) in [6.07, 6.45) is 3.11. The second kappa shape index (κ2) is 9.27. The van der Waals surface area contributed by atoms with Gasteiger partial charge in [-0.25, -0.2) is 13.1 Å². The SMILES string of the molecule is COc1cc(CC(=O)N2CCCC(CNS(C)(=O)=O)C2)cc(OC)c1OC. The van der Waals surface area contributed by atoms with Gasteiger partial charge in [0.25, 0.3) is 0 Å². The quantitative estimate of drug-likeness (QED) is 0.701. The number of nitrogens with zero attached hydrogens (tertiary/aromatic N) is 1. The molecule has 0 saturated carbocycles. The van der Waals surface area contributed by atoms with Gasteiger partial charge in [0, 0.05) is 19.6 Å². The molecule has 1 fully saturated rings. The van der Waals surface area contributed by atoms with Crippen LogP contribution >= 0.6 is 0 Å². The van der Waals surface area contributed by atoms with Crippen molar-refractivity contribution < 1.29 is 27.4 Å². The molecule has 0 aromatic heterocycles. The van der Waals surface area contributed by atoms with E-state index in [1.807, 2.05) is 0 Å². The largest absolute Gasteiger partial charge is 0.493 e. The Bertz CT molecular complexity index is 740. The summed E-state index contributed by atoms with van der Waals surface area (Å²) in [5, 5.41) is 0. The van der Waals surface area contributed by atoms with Gasteiger partial charge in [-0.3, -0.25) is 4.79 Å². The minimum absolute atomic E-state index is 0.00618. The molecule has 0 spiro atoms. The zero-order valence-electron chi connectivity index (χ0n) is 16.3. The number of amides is 1. The van der Waals surface area contributed by atoms with Crippen molar-refractivity contribution in [2.45, 2.75) is 19.3 Å². The number of carbonyl (C=O) groups excluding carboxylic acids is 1. The second-order valence-electron chi connectivity index (χ2n) is 6.68. The summed E-state index contributed by atoms with van der Waals surface area (Å²) in [5.74, 6) is 1.62. The minimum Gasteiger partial charge on any atom is -0.493 e. The Kier molecular flexibility index (Phi) is 7.32. The molecule has 2 rings (SSSR count). The van der Waals surface area contributed by atoms with Crippen molar-refractivity contribution >= 4 is 15.9 Å². The first-order chi connectivity index (χ1) is 12.8. The minimum atomic E-state index is -3.22. The van der Waals surface area contributed by atoms with E-state index in [0.29, 0.717) is 36.9 Å². The first-order valence-corrected chi connectivity index (χ1v) is 10.7. The number of sulfonamides is 1. The van der Waals surface area contributed by atoms with Gasteiger partial charge < -0.3 is 19.1 Å². The highest BCUT2D eigenvalue weighted by molar-refractivity contribution is 7.88. The number of rotatable bonds is 8. The molecule has 1 aliphatic rings. The summed E-state index contributed by atoms with van der Waals surface area (Å²) >= 11 is 0. The lowest BCUT2D eigenvalue weighted by Crippen LogP contribution is -2.44. The smallest absolute Gasteiger partial charge is 0.227 e. The molecule has 1 heterocycles. The maximum atomic E-state index is 12.7. The van der Waals surface area contributed by atoms with Crippen LogP contribution in [0.1, 0.15) is 18.4 Å². The third kappa shape index (κ3) is 6.00. The van der Waals surface area contributed by atoms with E-state index >= 15 is 0 Å². The van der Waals surface area contributed by atoms with Crippen LogP contribution in [0.25, 0.3) is 0 Å². The molecule has 1 aromatic rings. The van der Waals surface area contributed by atoms with E-state index in [0.717, 1.165) is 24.7 Å². The van der Waals surface area contributed by atoms with E-state index in [9.17, 15) is 13.2 Å². The molecule has 1 unspecified atom stereocenters. The highest BCUT2D eigenvalue weighted by Gasteiger charge is 2.25. The molecule has 1 aliphatic heterocycles. The van der Waals surface area contributed by atoms with Crippen molar-refractivity contribution in [1.29, 1.82) is 0 Å². The van der Waals surface area contributed by atoms with Crippen LogP contribution in [0.5, 0.6) is 17.2 Å². The average molecular weight is 400 g/mol. The molecule has 152 valence electrons. The number of methoxy groups -OCH3 is 3. The van der Waals surface area contributed by atoms with E-state index < -0.39 is 10.0 Å². The number of likely N-dealkylation sites (tertiary alicyclic amines) is 1. The molecule has 1 aromatic carbocycles. The number of hydrogen-bond acceptors (Lipinski definition) is 6. The van der Waals surface area contributed by atoms with E-state index in [1.54, 1.807) is 17.0 Å². The molecule has 0 aliphatic carbocycles. The van der Waals surface area contributed by atoms with Crippen molar-refractivity contribution in [2.24, 2.45) is 5.92 Å². The summed E-state index contributed by atoms with van der Waals surface area (Å²) in [7, 11) is 1.38. The molecular formula is C18H28N2O6S. The van der Waals surface area contributed by atoms with Crippen LogP contribution in [0.15, 0.2) is 12.1 Å². The average Bonchev–Trinajstić information content (AvgIpc) is 2.65. The number of carbonyl (C=O) groups is 1. The lowest BCUT2D eigenvalue weighted by Gasteiger charge is -2.33.